The summed E-state index contributed by atoms with van der Waals surface area (Å²) in [5, 5.41) is 5.35. The predicted molar refractivity (Wildman–Crippen MR) is 176 cm³/mol. The Morgan fingerprint density at radius 1 is 0.442 bits per heavy atom. The fraction of sp³-hybridized carbons (Fsp3) is 0. The van der Waals surface area contributed by atoms with E-state index in [1.807, 2.05) is 60.7 Å². The van der Waals surface area contributed by atoms with Gasteiger partial charge in [-0.2, -0.15) is 0 Å². The maximum Gasteiger partial charge on any atom is 0.164 e. The van der Waals surface area contributed by atoms with Crippen molar-refractivity contribution in [3.63, 3.8) is 0 Å². The van der Waals surface area contributed by atoms with E-state index in [0.717, 1.165) is 26.9 Å². The standard InChI is InChI=1S/C39H23N3O/c1-2-11-25(12-3-1)37-40-38(42-39(41-37)33-17-9-19-35-36(33)32-14-6-7-18-34(32)43-35)31-16-8-15-27-29-21-20-24-10-4-5-13-26(24)28(29)22-23-30(27)31/h1-23H/i1D,2D,3D,6D,7D,9D,11D,12D,14D,17D,18D,19D. The topological polar surface area (TPSA) is 51.8 Å². The molecule has 0 N–H and O–H groups in total. The average molecular weight is 562 g/mol. The maximum atomic E-state index is 9.11. The van der Waals surface area contributed by atoms with Gasteiger partial charge in [0.2, 0.25) is 0 Å². The molecule has 200 valence electrons. The number of para-hydroxylation sites is 1. The molecule has 0 radical (unpaired) electrons. The molecular weight excluding hydrogens is 526 g/mol. The molecule has 43 heavy (non-hydrogen) atoms. The van der Waals surface area contributed by atoms with Gasteiger partial charge in [0.1, 0.15) is 11.2 Å². The van der Waals surface area contributed by atoms with Gasteiger partial charge in [-0.05, 0) is 44.4 Å². The molecule has 7 aromatic carbocycles. The third-order valence-electron chi connectivity index (χ3n) is 7.55. The van der Waals surface area contributed by atoms with Crippen LogP contribution < -0.4 is 0 Å². The van der Waals surface area contributed by atoms with E-state index in [1.165, 1.54) is 0 Å². The normalized spacial score (nSPS) is 15.6. The third kappa shape index (κ3) is 3.74. The molecule has 0 fully saturated rings. The van der Waals surface area contributed by atoms with E-state index < -0.39 is 72.5 Å². The minimum Gasteiger partial charge on any atom is -0.456 e. The molecule has 0 unspecified atom stereocenters. The molecule has 0 bridgehead atoms. The van der Waals surface area contributed by atoms with Crippen LogP contribution in [0.15, 0.2) is 144 Å². The Labute approximate surface area is 263 Å². The summed E-state index contributed by atoms with van der Waals surface area (Å²) in [7, 11) is 0. The van der Waals surface area contributed by atoms with Crippen molar-refractivity contribution in [2.24, 2.45) is 0 Å². The van der Waals surface area contributed by atoms with E-state index >= 15 is 0 Å². The lowest BCUT2D eigenvalue weighted by molar-refractivity contribution is 0.669. The van der Waals surface area contributed by atoms with Gasteiger partial charge in [0, 0.05) is 27.5 Å². The number of aromatic nitrogens is 3. The van der Waals surface area contributed by atoms with Crippen LogP contribution in [-0.4, -0.2) is 15.0 Å². The Morgan fingerprint density at radius 2 is 1.12 bits per heavy atom. The molecule has 0 saturated carbocycles. The average Bonchev–Trinajstić information content (AvgIpc) is 3.60. The zero-order chi connectivity index (χ0) is 38.8. The van der Waals surface area contributed by atoms with Gasteiger partial charge in [-0.15, -0.1) is 0 Å². The number of hydrogen-bond acceptors (Lipinski definition) is 4. The molecule has 4 heteroatoms. The van der Waals surface area contributed by atoms with Gasteiger partial charge in [-0.3, -0.25) is 0 Å². The van der Waals surface area contributed by atoms with Crippen molar-refractivity contribution in [3.8, 4) is 34.2 Å². The molecule has 0 aliphatic carbocycles. The van der Waals surface area contributed by atoms with Crippen molar-refractivity contribution in [1.29, 1.82) is 0 Å². The highest BCUT2D eigenvalue weighted by atomic mass is 16.3. The highest BCUT2D eigenvalue weighted by molar-refractivity contribution is 6.19. The van der Waals surface area contributed by atoms with Crippen LogP contribution in [0.25, 0.3) is 88.4 Å². The van der Waals surface area contributed by atoms with Gasteiger partial charge in [0.05, 0.1) is 16.4 Å². The summed E-state index contributed by atoms with van der Waals surface area (Å²) in [5.41, 5.74) is -0.704. The number of rotatable bonds is 3. The maximum absolute atomic E-state index is 9.11. The highest BCUT2D eigenvalue weighted by Gasteiger charge is 2.19. The first-order chi connectivity index (χ1) is 26.3. The van der Waals surface area contributed by atoms with E-state index in [1.54, 1.807) is 6.07 Å². The molecule has 4 nitrogen and oxygen atoms in total. The number of hydrogen-bond donors (Lipinski definition) is 0. The van der Waals surface area contributed by atoms with Crippen LogP contribution in [0.5, 0.6) is 0 Å². The Morgan fingerprint density at radius 3 is 2.05 bits per heavy atom. The van der Waals surface area contributed by atoms with E-state index in [-0.39, 0.29) is 50.5 Å². The van der Waals surface area contributed by atoms with Crippen molar-refractivity contribution in [2.75, 3.05) is 0 Å². The molecule has 0 aliphatic rings. The Kier molecular flexibility index (Phi) is 3.22. The molecule has 0 spiro atoms. The Bertz CT molecular complexity index is 3170. The zero-order valence-corrected chi connectivity index (χ0v) is 22.1. The van der Waals surface area contributed by atoms with Crippen LogP contribution in [0.4, 0.5) is 0 Å². The third-order valence-corrected chi connectivity index (χ3v) is 7.55. The quantitative estimate of drug-likeness (QED) is 0.201. The van der Waals surface area contributed by atoms with Crippen molar-refractivity contribution in [3.05, 3.63) is 139 Å². The lowest BCUT2D eigenvalue weighted by atomic mass is 9.95. The summed E-state index contributed by atoms with van der Waals surface area (Å²) in [4.78, 5) is 14.0. The second kappa shape index (κ2) is 9.33. The summed E-state index contributed by atoms with van der Waals surface area (Å²) < 4.78 is 109. The summed E-state index contributed by atoms with van der Waals surface area (Å²) in [6.07, 6.45) is 0. The molecule has 9 rings (SSSR count). The molecule has 0 amide bonds. The lowest BCUT2D eigenvalue weighted by Crippen LogP contribution is -2.00. The van der Waals surface area contributed by atoms with Gasteiger partial charge >= 0.3 is 0 Å². The SMILES string of the molecule is [2H]c1c([2H])c([2H])c(-c2nc(-c3cccc4c3ccc3c5ccccc5ccc43)nc(-c3c([2H])c([2H])c([2H])c4oc5c([2H])c([2H])c([2H])c([2H])c5c34)n2)c([2H])c1[2H]. The predicted octanol–water partition coefficient (Wildman–Crippen LogP) is 10.2. The van der Waals surface area contributed by atoms with Crippen molar-refractivity contribution in [1.82, 2.24) is 15.0 Å². The number of nitrogens with zero attached hydrogens (tertiary/aromatic N) is 3. The van der Waals surface area contributed by atoms with Crippen LogP contribution in [0.2, 0.25) is 0 Å². The molecule has 0 saturated heterocycles. The van der Waals surface area contributed by atoms with Crippen LogP contribution in [0, 0.1) is 0 Å². The van der Waals surface area contributed by atoms with Crippen LogP contribution in [-0.2, 0) is 0 Å². The number of fused-ring (bicyclic) bond motifs is 8. The minimum absolute atomic E-state index is 0.0127. The van der Waals surface area contributed by atoms with E-state index in [2.05, 4.69) is 9.97 Å². The summed E-state index contributed by atoms with van der Waals surface area (Å²) in [6.45, 7) is 0. The molecule has 0 aliphatic heterocycles. The van der Waals surface area contributed by atoms with E-state index in [0.29, 0.717) is 10.9 Å². The smallest absolute Gasteiger partial charge is 0.164 e. The first-order valence-electron chi connectivity index (χ1n) is 19.4. The first kappa shape index (κ1) is 14.9. The van der Waals surface area contributed by atoms with Gasteiger partial charge < -0.3 is 4.42 Å². The summed E-state index contributed by atoms with van der Waals surface area (Å²) >= 11 is 0. The minimum atomic E-state index is -0.629. The number of furan rings is 1. The Balaban J connectivity index is 1.43. The largest absolute Gasteiger partial charge is 0.456 e. The van der Waals surface area contributed by atoms with Gasteiger partial charge in [0.25, 0.3) is 0 Å². The van der Waals surface area contributed by atoms with Crippen molar-refractivity contribution in [2.45, 2.75) is 0 Å². The van der Waals surface area contributed by atoms with Crippen LogP contribution in [0.1, 0.15) is 16.4 Å². The molecule has 2 aromatic heterocycles. The summed E-state index contributed by atoms with van der Waals surface area (Å²) in [6, 6.07) is 14.5. The molecular formula is C39H23N3O. The van der Waals surface area contributed by atoms with E-state index in [4.69, 9.17) is 25.9 Å². The van der Waals surface area contributed by atoms with Crippen LogP contribution >= 0.6 is 0 Å². The zero-order valence-electron chi connectivity index (χ0n) is 34.1. The lowest BCUT2D eigenvalue weighted by Gasteiger charge is -2.12. The van der Waals surface area contributed by atoms with Gasteiger partial charge in [-0.25, -0.2) is 15.0 Å². The molecule has 0 atom stereocenters. The molecule has 9 aromatic rings. The fourth-order valence-corrected chi connectivity index (χ4v) is 5.66. The monoisotopic (exact) mass is 561 g/mol. The summed E-state index contributed by atoms with van der Waals surface area (Å²) in [5.74, 6) is -0.667. The van der Waals surface area contributed by atoms with Crippen molar-refractivity contribution >= 4 is 54.3 Å². The second-order valence-corrected chi connectivity index (χ2v) is 9.91. The molecule has 2 heterocycles. The first-order valence-corrected chi connectivity index (χ1v) is 13.4. The second-order valence-electron chi connectivity index (χ2n) is 9.91. The van der Waals surface area contributed by atoms with Gasteiger partial charge in [-0.1, -0.05) is 127 Å². The van der Waals surface area contributed by atoms with Gasteiger partial charge in [0.15, 0.2) is 17.5 Å². The fourth-order valence-electron chi connectivity index (χ4n) is 5.66. The number of benzene rings is 7. The Hall–Kier alpha value is -5.87. The van der Waals surface area contributed by atoms with Crippen LogP contribution in [0.3, 0.4) is 0 Å². The highest BCUT2D eigenvalue weighted by Crippen LogP contribution is 2.38. The van der Waals surface area contributed by atoms with Crippen molar-refractivity contribution < 1.29 is 20.9 Å². The van der Waals surface area contributed by atoms with E-state index in [9.17, 15) is 0 Å².